The number of aromatic nitrogens is 2. The molecule has 0 atom stereocenters. The second kappa shape index (κ2) is 8.33. The number of halogens is 4. The number of nitrogens with zero attached hydrogens (tertiary/aromatic N) is 3. The number of rotatable bonds is 3. The van der Waals surface area contributed by atoms with Crippen molar-refractivity contribution in [2.75, 3.05) is 10.7 Å². The number of aryl methyl sites for hydroxylation is 1. The van der Waals surface area contributed by atoms with Gasteiger partial charge >= 0.3 is 6.18 Å². The van der Waals surface area contributed by atoms with E-state index in [0.29, 0.717) is 15.7 Å². The van der Waals surface area contributed by atoms with E-state index in [0.717, 1.165) is 17.0 Å². The van der Waals surface area contributed by atoms with Gasteiger partial charge in [0.15, 0.2) is 5.16 Å². The predicted octanol–water partition coefficient (Wildman–Crippen LogP) is 5.78. The van der Waals surface area contributed by atoms with Gasteiger partial charge in [0.25, 0.3) is 0 Å². The molecule has 1 aliphatic heterocycles. The van der Waals surface area contributed by atoms with E-state index in [9.17, 15) is 18.0 Å². The van der Waals surface area contributed by atoms with Crippen LogP contribution in [0.1, 0.15) is 5.56 Å². The van der Waals surface area contributed by atoms with Crippen LogP contribution < -0.4 is 4.90 Å². The van der Waals surface area contributed by atoms with Crippen molar-refractivity contribution < 1.29 is 18.0 Å². The van der Waals surface area contributed by atoms with Crippen LogP contribution in [0.15, 0.2) is 69.8 Å². The number of fused-ring (bicyclic) bond motifs is 2. The van der Waals surface area contributed by atoms with E-state index in [1.807, 2.05) is 19.2 Å². The Morgan fingerprint density at radius 2 is 1.86 bits per heavy atom. The van der Waals surface area contributed by atoms with Gasteiger partial charge in [0, 0.05) is 29.2 Å². The molecule has 0 unspecified atom stereocenters. The van der Waals surface area contributed by atoms with Crippen LogP contribution in [0.25, 0.3) is 0 Å². The maximum Gasteiger partial charge on any atom is 0.416 e. The van der Waals surface area contributed by atoms with Gasteiger partial charge < -0.3 is 4.57 Å². The number of hydrogen-bond donors (Lipinski definition) is 0. The van der Waals surface area contributed by atoms with E-state index in [-0.39, 0.29) is 29.8 Å². The van der Waals surface area contributed by atoms with Gasteiger partial charge in [0.05, 0.1) is 22.7 Å². The molecule has 4 nitrogen and oxygen atoms in total. The molecule has 0 bridgehead atoms. The van der Waals surface area contributed by atoms with Crippen LogP contribution in [0.3, 0.4) is 0 Å². The number of alkyl halides is 3. The number of para-hydroxylation sites is 1. The van der Waals surface area contributed by atoms with Crippen LogP contribution in [0.5, 0.6) is 0 Å². The highest BCUT2D eigenvalue weighted by molar-refractivity contribution is 8.00. The lowest BCUT2D eigenvalue weighted by Crippen LogP contribution is -2.30. The van der Waals surface area contributed by atoms with Crippen molar-refractivity contribution in [2.24, 2.45) is 7.05 Å². The number of anilines is 2. The van der Waals surface area contributed by atoms with Gasteiger partial charge in [-0.1, -0.05) is 35.7 Å². The molecule has 0 radical (unpaired) electrons. The Balaban J connectivity index is 0.00000240. The Hall–Kier alpha value is -2.10. The van der Waals surface area contributed by atoms with Crippen molar-refractivity contribution in [3.05, 3.63) is 60.4 Å². The fraction of sp³-hybridized carbons (Fsp3) is 0.158. The van der Waals surface area contributed by atoms with Gasteiger partial charge in [-0.2, -0.15) is 13.2 Å². The molecule has 1 amide bonds. The second-order valence-corrected chi connectivity index (χ2v) is 8.11. The van der Waals surface area contributed by atoms with Gasteiger partial charge in [-0.15, -0.1) is 12.4 Å². The maximum atomic E-state index is 13.2. The second-order valence-electron chi connectivity index (χ2n) is 6.09. The Kier molecular flexibility index (Phi) is 6.21. The molecule has 0 saturated heterocycles. The third kappa shape index (κ3) is 4.26. The first-order chi connectivity index (χ1) is 13.3. The highest BCUT2D eigenvalue weighted by Gasteiger charge is 2.34. The van der Waals surface area contributed by atoms with Crippen LogP contribution in [0.2, 0.25) is 0 Å². The number of amides is 1. The minimum Gasteiger partial charge on any atom is -0.329 e. The summed E-state index contributed by atoms with van der Waals surface area (Å²) in [7, 11) is 1.82. The minimum absolute atomic E-state index is 0. The van der Waals surface area contributed by atoms with Crippen molar-refractivity contribution in [1.82, 2.24) is 9.55 Å². The van der Waals surface area contributed by atoms with E-state index >= 15 is 0 Å². The maximum absolute atomic E-state index is 13.2. The number of imidazole rings is 1. The van der Waals surface area contributed by atoms with Crippen molar-refractivity contribution in [3.8, 4) is 0 Å². The highest BCUT2D eigenvalue weighted by Crippen LogP contribution is 2.49. The van der Waals surface area contributed by atoms with Crippen LogP contribution in [-0.4, -0.2) is 21.2 Å². The smallest absolute Gasteiger partial charge is 0.329 e. The number of benzene rings is 2. The summed E-state index contributed by atoms with van der Waals surface area (Å²) in [6.45, 7) is 0. The summed E-state index contributed by atoms with van der Waals surface area (Å²) in [5, 5.41) is 0.664. The quantitative estimate of drug-likeness (QED) is 0.467. The molecule has 0 aliphatic carbocycles. The zero-order valence-electron chi connectivity index (χ0n) is 15.0. The molecule has 0 saturated carbocycles. The summed E-state index contributed by atoms with van der Waals surface area (Å²) < 4.78 is 41.5. The SMILES string of the molecule is Cl.Cn1ccnc1SCC(=O)N1c2ccccc2Sc2ccc(C(F)(F)F)cc21. The average molecular weight is 458 g/mol. The summed E-state index contributed by atoms with van der Waals surface area (Å²) in [5.41, 5.74) is 0.0644. The molecule has 4 rings (SSSR count). The van der Waals surface area contributed by atoms with E-state index in [2.05, 4.69) is 4.98 Å². The summed E-state index contributed by atoms with van der Waals surface area (Å²) in [6.07, 6.45) is -1.08. The largest absolute Gasteiger partial charge is 0.416 e. The molecule has 1 aliphatic rings. The van der Waals surface area contributed by atoms with Gasteiger partial charge in [-0.25, -0.2) is 4.98 Å². The molecule has 2 heterocycles. The number of carbonyl (C=O) groups excluding carboxylic acids is 1. The Morgan fingerprint density at radius 1 is 1.14 bits per heavy atom. The van der Waals surface area contributed by atoms with Crippen LogP contribution in [0, 0.1) is 0 Å². The standard InChI is InChI=1S/C19H14F3N3OS2.ClH/c1-24-9-8-23-18(24)27-11-17(26)25-13-4-2-3-5-15(13)28-16-7-6-12(10-14(16)25)19(20,21)22;/h2-10H,11H2,1H3;1H. The van der Waals surface area contributed by atoms with Crippen LogP contribution in [-0.2, 0) is 18.0 Å². The monoisotopic (exact) mass is 457 g/mol. The first-order valence-corrected chi connectivity index (χ1v) is 10.1. The van der Waals surface area contributed by atoms with Crippen molar-refractivity contribution in [3.63, 3.8) is 0 Å². The van der Waals surface area contributed by atoms with Gasteiger partial charge in [0.1, 0.15) is 0 Å². The lowest BCUT2D eigenvalue weighted by Gasteiger charge is -2.31. The zero-order chi connectivity index (χ0) is 19.9. The fourth-order valence-electron chi connectivity index (χ4n) is 2.88. The lowest BCUT2D eigenvalue weighted by molar-refractivity contribution is -0.137. The molecular weight excluding hydrogens is 443 g/mol. The Morgan fingerprint density at radius 3 is 2.55 bits per heavy atom. The molecule has 0 fully saturated rings. The average Bonchev–Trinajstić information content (AvgIpc) is 3.07. The lowest BCUT2D eigenvalue weighted by atomic mass is 10.1. The summed E-state index contributed by atoms with van der Waals surface area (Å²) in [5.74, 6) is -0.249. The van der Waals surface area contributed by atoms with E-state index in [1.54, 1.807) is 29.1 Å². The fourth-order valence-corrected chi connectivity index (χ4v) is 4.70. The molecule has 1 aromatic heterocycles. The minimum atomic E-state index is -4.48. The third-order valence-corrected chi connectivity index (χ3v) is 6.38. The highest BCUT2D eigenvalue weighted by atomic mass is 35.5. The zero-order valence-corrected chi connectivity index (χ0v) is 17.5. The molecule has 10 heteroatoms. The normalized spacial score (nSPS) is 12.8. The molecule has 0 N–H and O–H groups in total. The summed E-state index contributed by atoms with van der Waals surface area (Å²) >= 11 is 2.60. The molecule has 29 heavy (non-hydrogen) atoms. The summed E-state index contributed by atoms with van der Waals surface area (Å²) in [4.78, 5) is 20.1. The number of thioether (sulfide) groups is 1. The van der Waals surface area contributed by atoms with Gasteiger partial charge in [-0.05, 0) is 30.3 Å². The van der Waals surface area contributed by atoms with Crippen molar-refractivity contribution in [1.29, 1.82) is 0 Å². The molecule has 152 valence electrons. The molecule has 0 spiro atoms. The first-order valence-electron chi connectivity index (χ1n) is 8.26. The van der Waals surface area contributed by atoms with Crippen LogP contribution >= 0.6 is 35.9 Å². The Labute approximate surface area is 179 Å². The van der Waals surface area contributed by atoms with Crippen LogP contribution in [0.4, 0.5) is 24.5 Å². The van der Waals surface area contributed by atoms with E-state index < -0.39 is 11.7 Å². The topological polar surface area (TPSA) is 38.1 Å². The van der Waals surface area contributed by atoms with E-state index in [1.165, 1.54) is 34.5 Å². The number of hydrogen-bond acceptors (Lipinski definition) is 4. The summed E-state index contributed by atoms with van der Waals surface area (Å²) in [6, 6.07) is 10.7. The van der Waals surface area contributed by atoms with Gasteiger partial charge in [0.2, 0.25) is 5.91 Å². The van der Waals surface area contributed by atoms with E-state index in [4.69, 9.17) is 0 Å². The van der Waals surface area contributed by atoms with Crippen molar-refractivity contribution in [2.45, 2.75) is 21.1 Å². The Bertz CT molecular complexity index is 1060. The van der Waals surface area contributed by atoms with Crippen molar-refractivity contribution >= 4 is 53.2 Å². The number of carbonyl (C=O) groups is 1. The molecule has 2 aromatic carbocycles. The molecular formula is C19H15ClF3N3OS2. The molecule has 3 aromatic rings. The first kappa shape index (κ1) is 21.6. The van der Waals surface area contributed by atoms with Gasteiger partial charge in [-0.3, -0.25) is 9.69 Å². The predicted molar refractivity (Wildman–Crippen MR) is 110 cm³/mol. The third-order valence-electron chi connectivity index (χ3n) is 4.20.